The number of hydrogen-bond acceptors (Lipinski definition) is 10. The molecular weight excluding hydrogens is 680 g/mol. The highest BCUT2D eigenvalue weighted by atomic mass is 35.5. The number of benzene rings is 2. The number of carbonyl (C=O) groups is 1. The van der Waals surface area contributed by atoms with Crippen molar-refractivity contribution in [3.63, 3.8) is 0 Å². The molecule has 1 fully saturated rings. The lowest BCUT2D eigenvalue weighted by Gasteiger charge is -2.29. The molecule has 2 aromatic heterocycles. The Morgan fingerprint density at radius 2 is 1.72 bits per heavy atom. The van der Waals surface area contributed by atoms with E-state index in [9.17, 15) is 18.3 Å². The molecule has 50 heavy (non-hydrogen) atoms. The number of anilines is 2. The van der Waals surface area contributed by atoms with E-state index >= 15 is 0 Å². The van der Waals surface area contributed by atoms with E-state index in [1.54, 1.807) is 6.07 Å². The van der Waals surface area contributed by atoms with E-state index in [4.69, 9.17) is 9.47 Å². The van der Waals surface area contributed by atoms with Gasteiger partial charge in [0.25, 0.3) is 10.0 Å². The minimum absolute atomic E-state index is 0. The highest BCUT2D eigenvalue weighted by Gasteiger charge is 2.23. The highest BCUT2D eigenvalue weighted by Crippen LogP contribution is 2.30. The molecule has 2 aromatic carbocycles. The van der Waals surface area contributed by atoms with Crippen LogP contribution in [0.5, 0.6) is 5.88 Å². The van der Waals surface area contributed by atoms with E-state index in [0.29, 0.717) is 25.5 Å². The maximum absolute atomic E-state index is 13.4. The molecule has 1 aliphatic heterocycles. The Kier molecular flexibility index (Phi) is 12.8. The van der Waals surface area contributed by atoms with Gasteiger partial charge in [-0.05, 0) is 67.1 Å². The molecule has 268 valence electrons. The zero-order chi connectivity index (χ0) is 35.2. The molecule has 3 heterocycles. The van der Waals surface area contributed by atoms with Crippen molar-refractivity contribution in [3.8, 4) is 17.1 Å². The SMILES string of the molecule is Cc1cccc(C)c1-c1cc(OC[C@@H](CC(C)(C)C)NCc2ccc(N3CCOCC3)cn2)nc(NS(=O)(=O)c2cccc(C(=O)O)c2)n1.Cl. The fourth-order valence-electron chi connectivity index (χ4n) is 5.76. The monoisotopic (exact) mass is 724 g/mol. The number of sulfonamides is 1. The summed E-state index contributed by atoms with van der Waals surface area (Å²) in [6.45, 7) is 14.3. The van der Waals surface area contributed by atoms with Crippen LogP contribution < -0.4 is 19.7 Å². The summed E-state index contributed by atoms with van der Waals surface area (Å²) in [7, 11) is -4.23. The molecule has 0 unspecified atom stereocenters. The minimum atomic E-state index is -4.23. The van der Waals surface area contributed by atoms with Crippen molar-refractivity contribution in [1.82, 2.24) is 20.3 Å². The van der Waals surface area contributed by atoms with Gasteiger partial charge in [0, 0.05) is 37.3 Å². The first kappa shape index (κ1) is 38.5. The van der Waals surface area contributed by atoms with Crippen LogP contribution in [-0.2, 0) is 21.3 Å². The number of ether oxygens (including phenoxy) is 2. The van der Waals surface area contributed by atoms with Crippen molar-refractivity contribution < 1.29 is 27.8 Å². The highest BCUT2D eigenvalue weighted by molar-refractivity contribution is 7.92. The normalized spacial score (nSPS) is 14.1. The van der Waals surface area contributed by atoms with Gasteiger partial charge < -0.3 is 24.8 Å². The molecule has 0 saturated carbocycles. The molecule has 0 aliphatic carbocycles. The molecule has 1 saturated heterocycles. The Hall–Kier alpha value is -4.30. The van der Waals surface area contributed by atoms with Crippen molar-refractivity contribution in [2.45, 2.75) is 58.5 Å². The molecule has 14 heteroatoms. The molecule has 0 radical (unpaired) electrons. The van der Waals surface area contributed by atoms with Crippen molar-refractivity contribution in [3.05, 3.63) is 89.2 Å². The predicted octanol–water partition coefficient (Wildman–Crippen LogP) is 5.89. The van der Waals surface area contributed by atoms with Crippen LogP contribution in [0.4, 0.5) is 11.6 Å². The van der Waals surface area contributed by atoms with Crippen LogP contribution in [0.1, 0.15) is 54.4 Å². The topological polar surface area (TPSA) is 156 Å². The minimum Gasteiger partial charge on any atom is -0.478 e. The first-order valence-corrected chi connectivity index (χ1v) is 17.7. The summed E-state index contributed by atoms with van der Waals surface area (Å²) in [5.41, 5.74) is 5.03. The van der Waals surface area contributed by atoms with Crippen LogP contribution >= 0.6 is 12.4 Å². The maximum atomic E-state index is 13.4. The second-order valence-electron chi connectivity index (χ2n) is 13.4. The van der Waals surface area contributed by atoms with E-state index in [1.807, 2.05) is 44.3 Å². The predicted molar refractivity (Wildman–Crippen MR) is 196 cm³/mol. The molecule has 1 atom stereocenters. The fourth-order valence-corrected chi connectivity index (χ4v) is 6.75. The Labute approximate surface area is 300 Å². The van der Waals surface area contributed by atoms with E-state index in [-0.39, 0.29) is 52.8 Å². The van der Waals surface area contributed by atoms with E-state index in [1.165, 1.54) is 18.2 Å². The summed E-state index contributed by atoms with van der Waals surface area (Å²) >= 11 is 0. The number of carboxylic acid groups (broad SMARTS) is 1. The van der Waals surface area contributed by atoms with Crippen molar-refractivity contribution in [2.24, 2.45) is 5.41 Å². The molecule has 1 aliphatic rings. The first-order valence-electron chi connectivity index (χ1n) is 16.2. The number of nitrogens with zero attached hydrogens (tertiary/aromatic N) is 4. The number of morpholine rings is 1. The number of aromatic carboxylic acids is 1. The van der Waals surface area contributed by atoms with Gasteiger partial charge in [0.2, 0.25) is 11.8 Å². The second-order valence-corrected chi connectivity index (χ2v) is 15.1. The quantitative estimate of drug-likeness (QED) is 0.151. The average Bonchev–Trinajstić information content (AvgIpc) is 3.06. The van der Waals surface area contributed by atoms with Gasteiger partial charge in [0.15, 0.2) is 0 Å². The van der Waals surface area contributed by atoms with Crippen LogP contribution in [0.25, 0.3) is 11.3 Å². The molecule has 4 aromatic rings. The number of nitrogens with one attached hydrogen (secondary N) is 2. The van der Waals surface area contributed by atoms with Gasteiger partial charge in [0.1, 0.15) is 6.61 Å². The van der Waals surface area contributed by atoms with Crippen LogP contribution in [0, 0.1) is 19.3 Å². The summed E-state index contributed by atoms with van der Waals surface area (Å²) in [5.74, 6) is -1.24. The third-order valence-electron chi connectivity index (χ3n) is 8.11. The molecular formula is C36H45ClN6O6S. The summed E-state index contributed by atoms with van der Waals surface area (Å²) in [6.07, 6.45) is 2.68. The smallest absolute Gasteiger partial charge is 0.335 e. The Bertz CT molecular complexity index is 1860. The number of hydrogen-bond donors (Lipinski definition) is 3. The van der Waals surface area contributed by atoms with Crippen LogP contribution in [0.2, 0.25) is 0 Å². The molecule has 0 spiro atoms. The van der Waals surface area contributed by atoms with E-state index < -0.39 is 16.0 Å². The third kappa shape index (κ3) is 10.4. The molecule has 0 amide bonds. The van der Waals surface area contributed by atoms with Gasteiger partial charge in [-0.2, -0.15) is 4.98 Å². The summed E-state index contributed by atoms with van der Waals surface area (Å²) in [4.78, 5) is 27.2. The Balaban J connectivity index is 0.00000562. The standard InChI is InChI=1S/C36H44N6O6S.ClH/c1-24-8-6-9-25(2)33(24)31-19-32(40-35(39-31)41-49(45,46)30-11-7-10-26(18-30)34(43)44)48-23-28(20-36(3,4)5)37-21-27-12-13-29(22-38-27)42-14-16-47-17-15-42;/h6-13,18-19,22,28,37H,14-17,20-21,23H2,1-5H3,(H,43,44)(H,39,40,41);1H/t28-;/m1./s1. The lowest BCUT2D eigenvalue weighted by molar-refractivity contribution is 0.0696. The number of rotatable bonds is 13. The molecule has 5 rings (SSSR count). The Morgan fingerprint density at radius 3 is 2.36 bits per heavy atom. The van der Waals surface area contributed by atoms with Crippen molar-refractivity contribution >= 4 is 40.0 Å². The van der Waals surface area contributed by atoms with Crippen molar-refractivity contribution in [1.29, 1.82) is 0 Å². The van der Waals surface area contributed by atoms with Crippen LogP contribution in [0.3, 0.4) is 0 Å². The second kappa shape index (κ2) is 16.6. The van der Waals surface area contributed by atoms with Crippen LogP contribution in [0.15, 0.2) is 71.8 Å². The van der Waals surface area contributed by atoms with Gasteiger partial charge in [-0.3, -0.25) is 4.98 Å². The number of aryl methyl sites for hydroxylation is 2. The van der Waals surface area contributed by atoms with E-state index in [2.05, 4.69) is 56.7 Å². The first-order chi connectivity index (χ1) is 23.3. The van der Waals surface area contributed by atoms with Gasteiger partial charge in [-0.1, -0.05) is 45.0 Å². The van der Waals surface area contributed by atoms with Crippen molar-refractivity contribution in [2.75, 3.05) is 42.5 Å². The number of pyridine rings is 1. The average molecular weight is 725 g/mol. The zero-order valence-electron chi connectivity index (χ0n) is 29.0. The number of halogens is 1. The summed E-state index contributed by atoms with van der Waals surface area (Å²) in [5, 5.41) is 13.0. The van der Waals surface area contributed by atoms with Crippen LogP contribution in [-0.4, -0.2) is 73.4 Å². The number of aromatic nitrogens is 3. The largest absolute Gasteiger partial charge is 0.478 e. The summed E-state index contributed by atoms with van der Waals surface area (Å²) in [6, 6.07) is 16.7. The third-order valence-corrected chi connectivity index (χ3v) is 9.43. The lowest BCUT2D eigenvalue weighted by Crippen LogP contribution is -2.38. The molecule has 12 nitrogen and oxygen atoms in total. The molecule has 3 N–H and O–H groups in total. The van der Waals surface area contributed by atoms with Gasteiger partial charge in [-0.25, -0.2) is 22.9 Å². The van der Waals surface area contributed by atoms with E-state index in [0.717, 1.165) is 53.6 Å². The Morgan fingerprint density at radius 1 is 1.02 bits per heavy atom. The summed E-state index contributed by atoms with van der Waals surface area (Å²) < 4.78 is 40.9. The fraction of sp³-hybridized carbons (Fsp3) is 0.389. The van der Waals surface area contributed by atoms with Gasteiger partial charge in [-0.15, -0.1) is 12.4 Å². The number of carboxylic acids is 1. The van der Waals surface area contributed by atoms with Gasteiger partial charge in [0.05, 0.1) is 46.9 Å². The zero-order valence-corrected chi connectivity index (χ0v) is 30.6. The molecule has 0 bridgehead atoms. The maximum Gasteiger partial charge on any atom is 0.335 e. The van der Waals surface area contributed by atoms with Gasteiger partial charge >= 0.3 is 5.97 Å². The lowest BCUT2D eigenvalue weighted by atomic mass is 9.88.